The second-order valence-electron chi connectivity index (χ2n) is 5.28. The highest BCUT2D eigenvalue weighted by Crippen LogP contribution is 2.31. The van der Waals surface area contributed by atoms with E-state index in [-0.39, 0.29) is 5.91 Å². The molecule has 1 N–H and O–H groups in total. The normalized spacial score (nSPS) is 17.5. The summed E-state index contributed by atoms with van der Waals surface area (Å²) in [6.45, 7) is 1.95. The molecule has 1 saturated heterocycles. The maximum Gasteiger partial charge on any atom is 0.220 e. The minimum absolute atomic E-state index is 0.0405. The summed E-state index contributed by atoms with van der Waals surface area (Å²) in [5, 5.41) is 3.78. The lowest BCUT2D eigenvalue weighted by atomic mass is 10.2. The highest BCUT2D eigenvalue weighted by molar-refractivity contribution is 6.42. The second kappa shape index (κ2) is 9.23. The largest absolute Gasteiger partial charge is 0.492 e. The molecule has 1 aliphatic heterocycles. The predicted molar refractivity (Wildman–Crippen MR) is 87.8 cm³/mol. The van der Waals surface area contributed by atoms with Gasteiger partial charge in [0.25, 0.3) is 0 Å². The average Bonchev–Trinajstić information content (AvgIpc) is 3.01. The van der Waals surface area contributed by atoms with Crippen LogP contribution in [0.15, 0.2) is 18.2 Å². The Kier molecular flexibility index (Phi) is 7.30. The zero-order valence-corrected chi connectivity index (χ0v) is 14.0. The number of carbonyl (C=O) groups is 1. The van der Waals surface area contributed by atoms with E-state index in [4.69, 9.17) is 32.7 Å². The third kappa shape index (κ3) is 5.67. The Bertz CT molecular complexity index is 490. The number of carbonyl (C=O) groups excluding carboxylic acids is 1. The number of amides is 1. The zero-order valence-electron chi connectivity index (χ0n) is 12.4. The Labute approximate surface area is 141 Å². The van der Waals surface area contributed by atoms with Crippen LogP contribution in [-0.2, 0) is 9.53 Å². The van der Waals surface area contributed by atoms with Crippen molar-refractivity contribution in [3.8, 4) is 5.75 Å². The Hall–Kier alpha value is -0.970. The van der Waals surface area contributed by atoms with Crippen molar-refractivity contribution in [2.75, 3.05) is 19.8 Å². The van der Waals surface area contributed by atoms with Gasteiger partial charge in [0, 0.05) is 19.6 Å². The van der Waals surface area contributed by atoms with E-state index in [9.17, 15) is 4.79 Å². The van der Waals surface area contributed by atoms with Crippen molar-refractivity contribution in [3.63, 3.8) is 0 Å². The van der Waals surface area contributed by atoms with Crippen LogP contribution in [0.25, 0.3) is 0 Å². The number of nitrogens with one attached hydrogen (secondary N) is 1. The van der Waals surface area contributed by atoms with Gasteiger partial charge in [0.05, 0.1) is 17.7 Å². The summed E-state index contributed by atoms with van der Waals surface area (Å²) >= 11 is 11.9. The Morgan fingerprint density at radius 1 is 1.41 bits per heavy atom. The molecule has 1 fully saturated rings. The van der Waals surface area contributed by atoms with Gasteiger partial charge < -0.3 is 14.8 Å². The summed E-state index contributed by atoms with van der Waals surface area (Å²) in [5.41, 5.74) is 0. The lowest BCUT2D eigenvalue weighted by Crippen LogP contribution is -2.27. The fourth-order valence-electron chi connectivity index (χ4n) is 2.34. The third-order valence-corrected chi connectivity index (χ3v) is 4.34. The van der Waals surface area contributed by atoms with Gasteiger partial charge in [-0.3, -0.25) is 4.79 Å². The van der Waals surface area contributed by atoms with E-state index in [1.807, 2.05) is 0 Å². The molecule has 1 aliphatic rings. The molecule has 22 heavy (non-hydrogen) atoms. The van der Waals surface area contributed by atoms with Crippen LogP contribution in [0.2, 0.25) is 10.0 Å². The molecule has 1 amide bonds. The summed E-state index contributed by atoms with van der Waals surface area (Å²) < 4.78 is 11.0. The molecule has 0 aliphatic carbocycles. The molecule has 2 rings (SSSR count). The Morgan fingerprint density at radius 2 is 2.27 bits per heavy atom. The lowest BCUT2D eigenvalue weighted by Gasteiger charge is -2.11. The van der Waals surface area contributed by atoms with E-state index in [0.29, 0.717) is 47.9 Å². The van der Waals surface area contributed by atoms with E-state index < -0.39 is 0 Å². The Morgan fingerprint density at radius 3 is 3.05 bits per heavy atom. The first-order valence-corrected chi connectivity index (χ1v) is 8.37. The van der Waals surface area contributed by atoms with Gasteiger partial charge in [-0.2, -0.15) is 0 Å². The summed E-state index contributed by atoms with van der Waals surface area (Å²) in [7, 11) is 0. The molecular weight excluding hydrogens is 325 g/mol. The summed E-state index contributed by atoms with van der Waals surface area (Å²) in [5.74, 6) is 0.590. The molecule has 1 aromatic carbocycles. The van der Waals surface area contributed by atoms with E-state index in [2.05, 4.69) is 5.32 Å². The van der Waals surface area contributed by atoms with Crippen LogP contribution in [0.1, 0.15) is 32.1 Å². The predicted octanol–water partition coefficient (Wildman–Crippen LogP) is 3.84. The maximum atomic E-state index is 11.7. The van der Waals surface area contributed by atoms with Gasteiger partial charge in [-0.05, 0) is 37.8 Å². The van der Waals surface area contributed by atoms with Gasteiger partial charge in [-0.25, -0.2) is 0 Å². The van der Waals surface area contributed by atoms with Gasteiger partial charge >= 0.3 is 0 Å². The van der Waals surface area contributed by atoms with Gasteiger partial charge in [0.15, 0.2) is 0 Å². The van der Waals surface area contributed by atoms with Crippen molar-refractivity contribution in [1.82, 2.24) is 5.32 Å². The number of halogens is 2. The zero-order chi connectivity index (χ0) is 15.8. The molecule has 6 heteroatoms. The first-order chi connectivity index (χ1) is 10.7. The smallest absolute Gasteiger partial charge is 0.220 e. The summed E-state index contributed by atoms with van der Waals surface area (Å²) in [6, 6.07) is 5.25. The quantitative estimate of drug-likeness (QED) is 0.728. The monoisotopic (exact) mass is 345 g/mol. The molecule has 1 unspecified atom stereocenters. The van der Waals surface area contributed by atoms with Crippen LogP contribution in [0, 0.1) is 0 Å². The van der Waals surface area contributed by atoms with Crippen molar-refractivity contribution in [2.45, 2.75) is 38.2 Å². The van der Waals surface area contributed by atoms with Crippen LogP contribution in [0.4, 0.5) is 0 Å². The van der Waals surface area contributed by atoms with Crippen molar-refractivity contribution < 1.29 is 14.3 Å². The highest BCUT2D eigenvalue weighted by Gasteiger charge is 2.15. The van der Waals surface area contributed by atoms with Crippen molar-refractivity contribution in [1.29, 1.82) is 0 Å². The van der Waals surface area contributed by atoms with Gasteiger partial charge in [-0.1, -0.05) is 29.3 Å². The molecular formula is C16H21Cl2NO3. The van der Waals surface area contributed by atoms with Gasteiger partial charge in [-0.15, -0.1) is 0 Å². The second-order valence-corrected chi connectivity index (χ2v) is 6.06. The minimum atomic E-state index is 0.0405. The van der Waals surface area contributed by atoms with E-state index in [1.165, 1.54) is 0 Å². The summed E-state index contributed by atoms with van der Waals surface area (Å²) in [6.07, 6.45) is 4.50. The van der Waals surface area contributed by atoms with E-state index in [1.54, 1.807) is 18.2 Å². The van der Waals surface area contributed by atoms with Crippen molar-refractivity contribution in [3.05, 3.63) is 28.2 Å². The topological polar surface area (TPSA) is 47.6 Å². The molecule has 0 spiro atoms. The average molecular weight is 346 g/mol. The number of hydrogen-bond acceptors (Lipinski definition) is 3. The molecule has 0 radical (unpaired) electrons. The molecule has 122 valence electrons. The molecule has 0 aromatic heterocycles. The first-order valence-electron chi connectivity index (χ1n) is 7.62. The molecule has 1 heterocycles. The fourth-order valence-corrected chi connectivity index (χ4v) is 2.69. The van der Waals surface area contributed by atoms with Crippen LogP contribution in [-0.4, -0.2) is 31.8 Å². The first kappa shape index (κ1) is 17.4. The number of ether oxygens (including phenoxy) is 2. The van der Waals surface area contributed by atoms with E-state index >= 15 is 0 Å². The Balaban J connectivity index is 1.55. The van der Waals surface area contributed by atoms with E-state index in [0.717, 1.165) is 25.9 Å². The van der Waals surface area contributed by atoms with Crippen molar-refractivity contribution >= 4 is 29.1 Å². The highest BCUT2D eigenvalue weighted by atomic mass is 35.5. The molecule has 1 aromatic rings. The number of benzene rings is 1. The van der Waals surface area contributed by atoms with Crippen LogP contribution in [0.3, 0.4) is 0 Å². The van der Waals surface area contributed by atoms with Crippen LogP contribution >= 0.6 is 23.2 Å². The van der Waals surface area contributed by atoms with Crippen molar-refractivity contribution in [2.24, 2.45) is 0 Å². The van der Waals surface area contributed by atoms with Gasteiger partial charge in [0.1, 0.15) is 10.8 Å². The maximum absolute atomic E-state index is 11.7. The van der Waals surface area contributed by atoms with Gasteiger partial charge in [0.2, 0.25) is 5.91 Å². The fraction of sp³-hybridized carbons (Fsp3) is 0.562. The standard InChI is InChI=1S/C16H21Cl2NO3/c17-13-5-1-6-14(16(13)18)22-11-3-7-15(20)19-9-8-12-4-2-10-21-12/h1,5-6,12H,2-4,7-11H2,(H,19,20). The molecule has 0 saturated carbocycles. The molecule has 4 nitrogen and oxygen atoms in total. The summed E-state index contributed by atoms with van der Waals surface area (Å²) in [4.78, 5) is 11.7. The third-order valence-electron chi connectivity index (χ3n) is 3.53. The van der Waals surface area contributed by atoms with Crippen LogP contribution < -0.4 is 10.1 Å². The number of hydrogen-bond donors (Lipinski definition) is 1. The molecule has 1 atom stereocenters. The molecule has 0 bridgehead atoms. The van der Waals surface area contributed by atoms with Crippen LogP contribution in [0.5, 0.6) is 5.75 Å². The lowest BCUT2D eigenvalue weighted by molar-refractivity contribution is -0.121. The minimum Gasteiger partial charge on any atom is -0.492 e. The SMILES string of the molecule is O=C(CCCOc1cccc(Cl)c1Cl)NCCC1CCCO1. The number of rotatable bonds is 8.